The van der Waals surface area contributed by atoms with Crippen molar-refractivity contribution in [3.63, 3.8) is 0 Å². The van der Waals surface area contributed by atoms with Crippen LogP contribution in [0, 0.1) is 0 Å². The number of likely N-dealkylation sites (tertiary alicyclic amines) is 1. The van der Waals surface area contributed by atoms with E-state index in [0.717, 1.165) is 24.9 Å². The number of nitrogens with two attached hydrogens (primary N) is 1. The molecule has 5 nitrogen and oxygen atoms in total. The van der Waals surface area contributed by atoms with Gasteiger partial charge >= 0.3 is 0 Å². The lowest BCUT2D eigenvalue weighted by Gasteiger charge is -2.25. The Balaban J connectivity index is 1.75. The number of hydrogen-bond acceptors (Lipinski definition) is 3. The molecule has 110 valence electrons. The van der Waals surface area contributed by atoms with Crippen LogP contribution in [-0.4, -0.2) is 27.1 Å². The molecular weight excluding hydrogens is 288 g/mol. The number of benzene rings is 1. The minimum absolute atomic E-state index is 0.0561. The molecule has 1 aliphatic heterocycles. The van der Waals surface area contributed by atoms with Gasteiger partial charge < -0.3 is 10.6 Å². The van der Waals surface area contributed by atoms with Gasteiger partial charge in [-0.25, -0.2) is 0 Å². The molecule has 0 radical (unpaired) electrons. The van der Waals surface area contributed by atoms with E-state index in [1.165, 1.54) is 0 Å². The Morgan fingerprint density at radius 1 is 1.48 bits per heavy atom. The Labute approximate surface area is 128 Å². The molecule has 0 bridgehead atoms. The van der Waals surface area contributed by atoms with E-state index in [1.807, 2.05) is 29.2 Å². The smallest absolute Gasteiger partial charge is 0.244 e. The fourth-order valence-corrected chi connectivity index (χ4v) is 3.02. The molecule has 0 aliphatic carbocycles. The van der Waals surface area contributed by atoms with Crippen LogP contribution in [0.2, 0.25) is 5.02 Å². The number of amides is 1. The van der Waals surface area contributed by atoms with Crippen molar-refractivity contribution in [2.75, 3.05) is 12.3 Å². The number of anilines is 1. The van der Waals surface area contributed by atoms with Crippen molar-refractivity contribution in [2.45, 2.75) is 25.4 Å². The largest absolute Gasteiger partial charge is 0.396 e. The normalized spacial score (nSPS) is 18.1. The second-order valence-electron chi connectivity index (χ2n) is 5.27. The molecule has 3 rings (SSSR count). The van der Waals surface area contributed by atoms with Gasteiger partial charge in [-0.05, 0) is 30.5 Å². The van der Waals surface area contributed by atoms with Crippen LogP contribution in [0.15, 0.2) is 36.7 Å². The van der Waals surface area contributed by atoms with Crippen LogP contribution in [0.25, 0.3) is 0 Å². The summed E-state index contributed by atoms with van der Waals surface area (Å²) in [5, 5.41) is 4.76. The van der Waals surface area contributed by atoms with Crippen LogP contribution in [0.4, 0.5) is 5.69 Å². The zero-order valence-corrected chi connectivity index (χ0v) is 12.3. The van der Waals surface area contributed by atoms with Crippen LogP contribution in [-0.2, 0) is 11.3 Å². The third kappa shape index (κ3) is 3.03. The highest BCUT2D eigenvalue weighted by Gasteiger charge is 2.30. The topological polar surface area (TPSA) is 64.1 Å². The number of nitrogen functional groups attached to an aromatic ring is 1. The van der Waals surface area contributed by atoms with Gasteiger partial charge in [-0.1, -0.05) is 23.7 Å². The lowest BCUT2D eigenvalue weighted by Crippen LogP contribution is -2.33. The van der Waals surface area contributed by atoms with E-state index in [9.17, 15) is 4.79 Å². The van der Waals surface area contributed by atoms with Crippen LogP contribution in [0.3, 0.4) is 0 Å². The summed E-state index contributed by atoms with van der Waals surface area (Å²) >= 11 is 6.05. The Kier molecular flexibility index (Phi) is 3.84. The van der Waals surface area contributed by atoms with Crippen LogP contribution < -0.4 is 5.73 Å². The Morgan fingerprint density at radius 3 is 3.05 bits per heavy atom. The standard InChI is InChI=1S/C15H17ClN4O/c16-12-4-1-3-11(7-12)14-5-2-6-20(14)15(21)10-19-9-13(17)8-18-19/h1,3-4,7-9,14H,2,5-6,10,17H2. The van der Waals surface area contributed by atoms with Gasteiger partial charge in [0.15, 0.2) is 0 Å². The first-order valence-corrected chi connectivity index (χ1v) is 7.34. The summed E-state index contributed by atoms with van der Waals surface area (Å²) < 4.78 is 1.57. The van der Waals surface area contributed by atoms with E-state index in [1.54, 1.807) is 17.1 Å². The molecular formula is C15H17ClN4O. The monoisotopic (exact) mass is 304 g/mol. The Morgan fingerprint density at radius 2 is 2.33 bits per heavy atom. The maximum atomic E-state index is 12.5. The Bertz CT molecular complexity index is 655. The molecule has 1 saturated heterocycles. The predicted octanol–water partition coefficient (Wildman–Crippen LogP) is 2.48. The van der Waals surface area contributed by atoms with E-state index in [0.29, 0.717) is 10.7 Å². The maximum Gasteiger partial charge on any atom is 0.244 e. The van der Waals surface area contributed by atoms with E-state index in [-0.39, 0.29) is 18.5 Å². The summed E-state index contributed by atoms with van der Waals surface area (Å²) in [5.74, 6) is 0.0561. The molecule has 1 amide bonds. The zero-order valence-electron chi connectivity index (χ0n) is 11.6. The van der Waals surface area contributed by atoms with Gasteiger partial charge in [-0.2, -0.15) is 5.10 Å². The lowest BCUT2D eigenvalue weighted by atomic mass is 10.0. The highest BCUT2D eigenvalue weighted by atomic mass is 35.5. The van der Waals surface area contributed by atoms with Gasteiger partial charge in [0.2, 0.25) is 5.91 Å². The van der Waals surface area contributed by atoms with Crippen molar-refractivity contribution in [1.29, 1.82) is 0 Å². The van der Waals surface area contributed by atoms with Crippen LogP contribution in [0.5, 0.6) is 0 Å². The number of rotatable bonds is 3. The molecule has 1 aliphatic rings. The summed E-state index contributed by atoms with van der Waals surface area (Å²) in [7, 11) is 0. The van der Waals surface area contributed by atoms with Crippen molar-refractivity contribution in [1.82, 2.24) is 14.7 Å². The number of carbonyl (C=O) groups excluding carboxylic acids is 1. The third-order valence-corrected chi connectivity index (χ3v) is 3.99. The summed E-state index contributed by atoms with van der Waals surface area (Å²) in [6, 6.07) is 7.83. The lowest BCUT2D eigenvalue weighted by molar-refractivity contribution is -0.133. The molecule has 2 heterocycles. The number of carbonyl (C=O) groups is 1. The summed E-state index contributed by atoms with van der Waals surface area (Å²) in [4.78, 5) is 14.4. The first-order chi connectivity index (χ1) is 10.1. The van der Waals surface area contributed by atoms with E-state index >= 15 is 0 Å². The Hall–Kier alpha value is -2.01. The summed E-state index contributed by atoms with van der Waals surface area (Å²) in [5.41, 5.74) is 7.28. The highest BCUT2D eigenvalue weighted by Crippen LogP contribution is 2.33. The van der Waals surface area contributed by atoms with E-state index < -0.39 is 0 Å². The summed E-state index contributed by atoms with van der Waals surface area (Å²) in [6.07, 6.45) is 5.19. The molecule has 6 heteroatoms. The fraction of sp³-hybridized carbons (Fsp3) is 0.333. The molecule has 0 saturated carbocycles. The molecule has 1 atom stereocenters. The molecule has 2 aromatic rings. The van der Waals surface area contributed by atoms with Gasteiger partial charge in [0.1, 0.15) is 6.54 Å². The maximum absolute atomic E-state index is 12.5. The van der Waals surface area contributed by atoms with Crippen molar-refractivity contribution in [2.24, 2.45) is 0 Å². The first-order valence-electron chi connectivity index (χ1n) is 6.96. The highest BCUT2D eigenvalue weighted by molar-refractivity contribution is 6.30. The average Bonchev–Trinajstić information content (AvgIpc) is 3.07. The molecule has 2 N–H and O–H groups in total. The predicted molar refractivity (Wildman–Crippen MR) is 81.8 cm³/mol. The van der Waals surface area contributed by atoms with Crippen molar-refractivity contribution in [3.8, 4) is 0 Å². The van der Waals surface area contributed by atoms with Crippen molar-refractivity contribution in [3.05, 3.63) is 47.2 Å². The van der Waals surface area contributed by atoms with Gasteiger partial charge in [0.25, 0.3) is 0 Å². The molecule has 0 spiro atoms. The first kappa shape index (κ1) is 13.9. The van der Waals surface area contributed by atoms with Gasteiger partial charge in [0.05, 0.1) is 17.9 Å². The SMILES string of the molecule is Nc1cnn(CC(=O)N2CCCC2c2cccc(Cl)c2)c1. The molecule has 1 fully saturated rings. The molecule has 21 heavy (non-hydrogen) atoms. The minimum atomic E-state index is 0.0561. The van der Waals surface area contributed by atoms with Crippen LogP contribution in [0.1, 0.15) is 24.4 Å². The second-order valence-corrected chi connectivity index (χ2v) is 5.71. The summed E-state index contributed by atoms with van der Waals surface area (Å²) in [6.45, 7) is 0.987. The van der Waals surface area contributed by atoms with Crippen molar-refractivity contribution >= 4 is 23.2 Å². The average molecular weight is 305 g/mol. The fourth-order valence-electron chi connectivity index (χ4n) is 2.82. The molecule has 1 aromatic carbocycles. The molecule has 1 aromatic heterocycles. The second kappa shape index (κ2) is 5.77. The van der Waals surface area contributed by atoms with Gasteiger partial charge in [-0.15, -0.1) is 0 Å². The zero-order chi connectivity index (χ0) is 14.8. The number of hydrogen-bond donors (Lipinski definition) is 1. The van der Waals surface area contributed by atoms with Gasteiger partial charge in [-0.3, -0.25) is 9.48 Å². The number of aromatic nitrogens is 2. The van der Waals surface area contributed by atoms with Crippen molar-refractivity contribution < 1.29 is 4.79 Å². The number of nitrogens with zero attached hydrogens (tertiary/aromatic N) is 3. The van der Waals surface area contributed by atoms with E-state index in [2.05, 4.69) is 5.10 Å². The quantitative estimate of drug-likeness (QED) is 0.947. The minimum Gasteiger partial charge on any atom is -0.396 e. The third-order valence-electron chi connectivity index (χ3n) is 3.76. The number of halogens is 1. The van der Waals surface area contributed by atoms with Gasteiger partial charge in [0, 0.05) is 17.8 Å². The van der Waals surface area contributed by atoms with Crippen LogP contribution >= 0.6 is 11.6 Å². The molecule has 1 unspecified atom stereocenters. The van der Waals surface area contributed by atoms with E-state index in [4.69, 9.17) is 17.3 Å².